The SMILES string of the molecule is CCN(CCOC([O-])=P)c1ccc(N=Nc2cc(OCCN)c(N=Nc3ccc([N+](=O)[O-])cc3)cc2OCCN)cc1. The summed E-state index contributed by atoms with van der Waals surface area (Å²) in [7, 11) is 2.80. The lowest BCUT2D eigenvalue weighted by Crippen LogP contribution is -2.29. The van der Waals surface area contributed by atoms with E-state index in [-0.39, 0.29) is 38.6 Å². The van der Waals surface area contributed by atoms with Crippen LogP contribution in [0.2, 0.25) is 0 Å². The molecule has 42 heavy (non-hydrogen) atoms. The summed E-state index contributed by atoms with van der Waals surface area (Å²) < 4.78 is 16.6. The van der Waals surface area contributed by atoms with Crippen molar-refractivity contribution in [1.29, 1.82) is 0 Å². The second-order valence-corrected chi connectivity index (χ2v) is 8.88. The predicted octanol–water partition coefficient (Wildman–Crippen LogP) is 4.53. The van der Waals surface area contributed by atoms with Gasteiger partial charge in [0.1, 0.15) is 36.1 Å². The Hall–Kier alpha value is -4.33. The van der Waals surface area contributed by atoms with Crippen molar-refractivity contribution in [3.63, 3.8) is 0 Å². The highest BCUT2D eigenvalue weighted by atomic mass is 31.0. The van der Waals surface area contributed by atoms with Crippen LogP contribution in [0.4, 0.5) is 34.1 Å². The quantitative estimate of drug-likeness (QED) is 0.0973. The van der Waals surface area contributed by atoms with Crippen LogP contribution in [0.25, 0.3) is 0 Å². The first-order chi connectivity index (χ1) is 20.3. The van der Waals surface area contributed by atoms with E-state index >= 15 is 0 Å². The monoisotopic (exact) mass is 595 g/mol. The number of likely N-dealkylation sites (N-methyl/N-ethyl adjacent to an activating group) is 1. The van der Waals surface area contributed by atoms with Crippen molar-refractivity contribution < 1.29 is 24.2 Å². The summed E-state index contributed by atoms with van der Waals surface area (Å²) >= 11 is 0. The number of benzene rings is 3. The predicted molar refractivity (Wildman–Crippen MR) is 161 cm³/mol. The molecule has 14 nitrogen and oxygen atoms in total. The molecule has 0 saturated heterocycles. The average molecular weight is 596 g/mol. The highest BCUT2D eigenvalue weighted by Gasteiger charge is 2.14. The number of anilines is 1. The van der Waals surface area contributed by atoms with Crippen LogP contribution in [-0.2, 0) is 4.74 Å². The molecule has 3 aromatic rings. The lowest BCUT2D eigenvalue weighted by molar-refractivity contribution is -0.384. The highest BCUT2D eigenvalue weighted by Crippen LogP contribution is 2.41. The van der Waals surface area contributed by atoms with Crippen LogP contribution >= 0.6 is 8.86 Å². The minimum absolute atomic E-state index is 0.0528. The standard InChI is InChI=1S/C27H33N8O6P/c1-2-34(13-16-41-27(36)42)21-7-3-19(4-8-21)30-32-23-17-26(40-15-12-29)24(18-25(23)39-14-11-28)33-31-20-5-9-22(10-6-20)35(37)38/h3-10,17-18,36,42H,2,11-16,28-29H2,1H3/p-1. The van der Waals surface area contributed by atoms with Crippen LogP contribution in [0.1, 0.15) is 6.92 Å². The van der Waals surface area contributed by atoms with Crippen molar-refractivity contribution in [1.82, 2.24) is 0 Å². The first kappa shape index (κ1) is 32.2. The topological polar surface area (TPSA) is 199 Å². The van der Waals surface area contributed by atoms with Crippen LogP contribution in [0.3, 0.4) is 0 Å². The Morgan fingerprint density at radius 3 is 1.79 bits per heavy atom. The number of non-ortho nitro benzene ring substituents is 1. The first-order valence-corrected chi connectivity index (χ1v) is 13.5. The maximum Gasteiger partial charge on any atom is 0.269 e. The summed E-state index contributed by atoms with van der Waals surface area (Å²) in [5.74, 6) is 0.704. The van der Waals surface area contributed by atoms with E-state index < -0.39 is 10.6 Å². The zero-order chi connectivity index (χ0) is 30.3. The minimum Gasteiger partial charge on any atom is -0.805 e. The molecule has 15 heteroatoms. The van der Waals surface area contributed by atoms with Gasteiger partial charge in [-0.05, 0) is 49.0 Å². The van der Waals surface area contributed by atoms with Crippen molar-refractivity contribution in [3.8, 4) is 11.5 Å². The lowest BCUT2D eigenvalue weighted by atomic mass is 10.2. The number of hydrogen-bond donors (Lipinski definition) is 2. The van der Waals surface area contributed by atoms with Gasteiger partial charge in [-0.15, -0.1) is 19.1 Å². The van der Waals surface area contributed by atoms with Crippen LogP contribution < -0.4 is 30.9 Å². The van der Waals surface area contributed by atoms with Gasteiger partial charge in [0.15, 0.2) is 0 Å². The number of nitro groups is 1. The van der Waals surface area contributed by atoms with E-state index in [1.54, 1.807) is 12.1 Å². The molecule has 0 radical (unpaired) electrons. The van der Waals surface area contributed by atoms with Gasteiger partial charge in [0.05, 0.1) is 22.9 Å². The Balaban J connectivity index is 1.87. The second-order valence-electron chi connectivity index (χ2n) is 8.47. The summed E-state index contributed by atoms with van der Waals surface area (Å²) in [5.41, 5.74) is 13.4. The fourth-order valence-electron chi connectivity index (χ4n) is 3.58. The van der Waals surface area contributed by atoms with E-state index in [4.69, 9.17) is 25.7 Å². The van der Waals surface area contributed by atoms with E-state index in [0.717, 1.165) is 12.2 Å². The third kappa shape index (κ3) is 9.94. The van der Waals surface area contributed by atoms with Gasteiger partial charge < -0.3 is 35.7 Å². The summed E-state index contributed by atoms with van der Waals surface area (Å²) in [6.45, 7) is 4.48. The molecule has 0 aliphatic carbocycles. The molecule has 0 unspecified atom stereocenters. The number of nitrogens with two attached hydrogens (primary N) is 2. The van der Waals surface area contributed by atoms with E-state index in [2.05, 4.69) is 34.2 Å². The summed E-state index contributed by atoms with van der Waals surface area (Å²) in [5, 5.41) is 39.1. The zero-order valence-electron chi connectivity index (χ0n) is 23.0. The highest BCUT2D eigenvalue weighted by molar-refractivity contribution is 7.19. The minimum atomic E-state index is -0.506. The number of ether oxygens (including phenoxy) is 3. The van der Waals surface area contributed by atoms with Gasteiger partial charge in [0.2, 0.25) is 0 Å². The molecular formula is C27H32N8O6P-. The molecule has 3 aromatic carbocycles. The van der Waals surface area contributed by atoms with Crippen LogP contribution in [0, 0.1) is 10.1 Å². The van der Waals surface area contributed by atoms with E-state index in [1.165, 1.54) is 24.3 Å². The van der Waals surface area contributed by atoms with Crippen molar-refractivity contribution in [3.05, 3.63) is 70.8 Å². The Kier molecular flexibility index (Phi) is 12.9. The van der Waals surface area contributed by atoms with E-state index in [1.807, 2.05) is 31.2 Å². The maximum atomic E-state index is 11.0. The first-order valence-electron chi connectivity index (χ1n) is 13.0. The Bertz CT molecular complexity index is 1390. The Labute approximate surface area is 245 Å². The number of nitro benzene ring substituents is 1. The van der Waals surface area contributed by atoms with Crippen LogP contribution in [0.5, 0.6) is 11.5 Å². The number of rotatable bonds is 17. The Morgan fingerprint density at radius 2 is 1.36 bits per heavy atom. The largest absolute Gasteiger partial charge is 0.805 e. The molecule has 0 aliphatic rings. The third-order valence-electron chi connectivity index (χ3n) is 5.59. The van der Waals surface area contributed by atoms with Gasteiger partial charge in [0, 0.05) is 56.1 Å². The van der Waals surface area contributed by atoms with Gasteiger partial charge >= 0.3 is 0 Å². The van der Waals surface area contributed by atoms with Gasteiger partial charge in [-0.2, -0.15) is 10.2 Å². The number of nitrogens with zero attached hydrogens (tertiary/aromatic N) is 6. The van der Waals surface area contributed by atoms with Gasteiger partial charge in [-0.25, -0.2) is 0 Å². The van der Waals surface area contributed by atoms with Crippen molar-refractivity contribution in [2.45, 2.75) is 6.92 Å². The summed E-state index contributed by atoms with van der Waals surface area (Å²) in [6.07, 6.45) is 0. The maximum absolute atomic E-state index is 11.0. The van der Waals surface area contributed by atoms with E-state index in [0.29, 0.717) is 40.8 Å². The molecule has 0 bridgehead atoms. The molecular weight excluding hydrogens is 563 g/mol. The molecule has 0 heterocycles. The number of azo groups is 2. The lowest BCUT2D eigenvalue weighted by Gasteiger charge is -2.23. The van der Waals surface area contributed by atoms with E-state index in [9.17, 15) is 15.2 Å². The Morgan fingerprint density at radius 1 is 0.857 bits per heavy atom. The molecule has 3 rings (SSSR count). The second kappa shape index (κ2) is 16.8. The fourth-order valence-corrected chi connectivity index (χ4v) is 3.68. The van der Waals surface area contributed by atoms with Gasteiger partial charge in [-0.3, -0.25) is 10.1 Å². The van der Waals surface area contributed by atoms with Gasteiger partial charge in [0.25, 0.3) is 5.69 Å². The number of hydrogen-bond acceptors (Lipinski definition) is 13. The molecule has 222 valence electrons. The smallest absolute Gasteiger partial charge is 0.269 e. The van der Waals surface area contributed by atoms with Crippen LogP contribution in [-0.4, -0.2) is 56.6 Å². The normalized spacial score (nSPS) is 11.2. The molecule has 0 fully saturated rings. The molecule has 0 spiro atoms. The zero-order valence-corrected chi connectivity index (χ0v) is 24.0. The molecule has 4 N–H and O–H groups in total. The summed E-state index contributed by atoms with van der Waals surface area (Å²) in [4.78, 5) is 12.5. The van der Waals surface area contributed by atoms with Crippen molar-refractivity contribution in [2.75, 3.05) is 50.9 Å². The molecule has 0 aromatic heterocycles. The molecule has 0 saturated carbocycles. The third-order valence-corrected chi connectivity index (χ3v) is 5.73. The van der Waals surface area contributed by atoms with Gasteiger partial charge in [-0.1, -0.05) is 0 Å². The van der Waals surface area contributed by atoms with Crippen molar-refractivity contribution in [2.24, 2.45) is 31.9 Å². The fraction of sp³-hybridized carbons (Fsp3) is 0.296. The summed E-state index contributed by atoms with van der Waals surface area (Å²) in [6, 6.07) is 16.3. The average Bonchev–Trinajstić information content (AvgIpc) is 3.00. The van der Waals surface area contributed by atoms with Crippen molar-refractivity contribution >= 4 is 48.7 Å². The molecule has 0 amide bonds. The molecule has 0 atom stereocenters. The molecule has 0 aliphatic heterocycles. The van der Waals surface area contributed by atoms with Crippen LogP contribution in [0.15, 0.2) is 81.1 Å².